The average molecular weight is 307 g/mol. The van der Waals surface area contributed by atoms with Crippen LogP contribution < -0.4 is 4.72 Å². The Hall–Kier alpha value is -1.42. The molecule has 21 heavy (non-hydrogen) atoms. The summed E-state index contributed by atoms with van der Waals surface area (Å²) in [7, 11) is -3.48. The van der Waals surface area contributed by atoms with Crippen LogP contribution in [-0.2, 0) is 10.0 Å². The third kappa shape index (κ3) is 4.53. The monoisotopic (exact) mass is 307 g/mol. The van der Waals surface area contributed by atoms with Gasteiger partial charge in [-0.05, 0) is 56.1 Å². The first-order valence-corrected chi connectivity index (χ1v) is 8.72. The SMILES string of the molecule is CC1CCN(CCNS(=O)(=O)c2ccc(C#N)cc2)CC1. The fraction of sp³-hybridized carbons (Fsp3) is 0.533. The van der Waals surface area contributed by atoms with Gasteiger partial charge in [-0.1, -0.05) is 6.92 Å². The molecule has 0 atom stereocenters. The highest BCUT2D eigenvalue weighted by Crippen LogP contribution is 2.15. The van der Waals surface area contributed by atoms with Crippen molar-refractivity contribution < 1.29 is 8.42 Å². The highest BCUT2D eigenvalue weighted by molar-refractivity contribution is 7.89. The average Bonchev–Trinajstić information content (AvgIpc) is 2.49. The van der Waals surface area contributed by atoms with Crippen LogP contribution >= 0.6 is 0 Å². The molecule has 1 aromatic carbocycles. The van der Waals surface area contributed by atoms with E-state index >= 15 is 0 Å². The third-order valence-electron chi connectivity index (χ3n) is 3.89. The molecule has 0 radical (unpaired) electrons. The fourth-order valence-electron chi connectivity index (χ4n) is 2.42. The number of likely N-dealkylation sites (tertiary alicyclic amines) is 1. The van der Waals surface area contributed by atoms with Crippen molar-refractivity contribution in [1.82, 2.24) is 9.62 Å². The van der Waals surface area contributed by atoms with Gasteiger partial charge in [-0.2, -0.15) is 5.26 Å². The van der Waals surface area contributed by atoms with Gasteiger partial charge >= 0.3 is 0 Å². The molecule has 0 aliphatic carbocycles. The van der Waals surface area contributed by atoms with Crippen molar-refractivity contribution in [2.75, 3.05) is 26.2 Å². The van der Waals surface area contributed by atoms with Gasteiger partial charge in [0.15, 0.2) is 0 Å². The third-order valence-corrected chi connectivity index (χ3v) is 5.37. The first-order chi connectivity index (χ1) is 10.0. The second-order valence-corrected chi connectivity index (χ2v) is 7.33. The van der Waals surface area contributed by atoms with Crippen molar-refractivity contribution in [3.63, 3.8) is 0 Å². The van der Waals surface area contributed by atoms with Crippen molar-refractivity contribution in [3.05, 3.63) is 29.8 Å². The minimum Gasteiger partial charge on any atom is -0.302 e. The van der Waals surface area contributed by atoms with Gasteiger partial charge in [-0.25, -0.2) is 13.1 Å². The molecule has 0 saturated carbocycles. The van der Waals surface area contributed by atoms with E-state index in [1.807, 2.05) is 6.07 Å². The quantitative estimate of drug-likeness (QED) is 0.896. The zero-order valence-corrected chi connectivity index (χ0v) is 13.1. The minimum atomic E-state index is -3.48. The van der Waals surface area contributed by atoms with Gasteiger partial charge in [0.25, 0.3) is 0 Å². The molecule has 114 valence electrons. The Balaban J connectivity index is 1.85. The number of nitrogens with zero attached hydrogens (tertiary/aromatic N) is 2. The van der Waals surface area contributed by atoms with Gasteiger partial charge in [0.1, 0.15) is 0 Å². The topological polar surface area (TPSA) is 73.2 Å². The maximum absolute atomic E-state index is 12.1. The van der Waals surface area contributed by atoms with Crippen molar-refractivity contribution in [3.8, 4) is 6.07 Å². The lowest BCUT2D eigenvalue weighted by Crippen LogP contribution is -2.39. The lowest BCUT2D eigenvalue weighted by atomic mass is 9.99. The predicted molar refractivity (Wildman–Crippen MR) is 81.2 cm³/mol. The molecule has 2 rings (SSSR count). The standard InChI is InChI=1S/C15H21N3O2S/c1-13-6-9-18(10-7-13)11-8-17-21(19,20)15-4-2-14(12-16)3-5-15/h2-5,13,17H,6-11H2,1H3. The van der Waals surface area contributed by atoms with E-state index in [0.29, 0.717) is 12.1 Å². The molecule has 1 aromatic rings. The van der Waals surface area contributed by atoms with Crippen molar-refractivity contribution in [2.24, 2.45) is 5.92 Å². The fourth-order valence-corrected chi connectivity index (χ4v) is 3.44. The Morgan fingerprint density at radius 3 is 2.48 bits per heavy atom. The van der Waals surface area contributed by atoms with Crippen LogP contribution in [0.5, 0.6) is 0 Å². The molecule has 1 saturated heterocycles. The second kappa shape index (κ2) is 7.03. The van der Waals surface area contributed by atoms with Gasteiger partial charge in [0.2, 0.25) is 10.0 Å². The van der Waals surface area contributed by atoms with Gasteiger partial charge in [0, 0.05) is 13.1 Å². The molecule has 0 unspecified atom stereocenters. The normalized spacial score (nSPS) is 17.5. The van der Waals surface area contributed by atoms with Crippen LogP contribution in [0.15, 0.2) is 29.2 Å². The van der Waals surface area contributed by atoms with Crippen LogP contribution in [0.25, 0.3) is 0 Å². The number of hydrogen-bond donors (Lipinski definition) is 1. The van der Waals surface area contributed by atoms with Crippen LogP contribution in [0.2, 0.25) is 0 Å². The molecule has 0 aromatic heterocycles. The van der Waals surface area contributed by atoms with E-state index in [1.165, 1.54) is 37.1 Å². The molecule has 1 N–H and O–H groups in total. The number of benzene rings is 1. The smallest absolute Gasteiger partial charge is 0.240 e. The van der Waals surface area contributed by atoms with Gasteiger partial charge in [-0.15, -0.1) is 0 Å². The number of nitriles is 1. The maximum atomic E-state index is 12.1. The molecule has 1 heterocycles. The summed E-state index contributed by atoms with van der Waals surface area (Å²) in [5.74, 6) is 0.775. The summed E-state index contributed by atoms with van der Waals surface area (Å²) in [6.07, 6.45) is 2.37. The molecule has 1 aliphatic heterocycles. The lowest BCUT2D eigenvalue weighted by molar-refractivity contribution is 0.195. The van der Waals surface area contributed by atoms with E-state index in [4.69, 9.17) is 5.26 Å². The van der Waals surface area contributed by atoms with E-state index in [2.05, 4.69) is 16.5 Å². The van der Waals surface area contributed by atoms with E-state index in [-0.39, 0.29) is 4.90 Å². The Bertz CT molecular complexity index is 597. The van der Waals surface area contributed by atoms with Gasteiger partial charge in [0.05, 0.1) is 16.5 Å². The number of sulfonamides is 1. The van der Waals surface area contributed by atoms with Gasteiger partial charge < -0.3 is 4.90 Å². The Kier molecular flexibility index (Phi) is 5.34. The van der Waals surface area contributed by atoms with E-state index < -0.39 is 10.0 Å². The Morgan fingerprint density at radius 2 is 1.90 bits per heavy atom. The first-order valence-electron chi connectivity index (χ1n) is 7.23. The molecular formula is C15H21N3O2S. The number of hydrogen-bond acceptors (Lipinski definition) is 4. The molecule has 5 nitrogen and oxygen atoms in total. The number of nitrogens with one attached hydrogen (secondary N) is 1. The van der Waals surface area contributed by atoms with E-state index in [1.54, 1.807) is 0 Å². The van der Waals surface area contributed by atoms with E-state index in [9.17, 15) is 8.42 Å². The number of rotatable bonds is 5. The first kappa shape index (κ1) is 16.0. The van der Waals surface area contributed by atoms with Gasteiger partial charge in [-0.3, -0.25) is 0 Å². The zero-order chi connectivity index (χ0) is 15.3. The van der Waals surface area contributed by atoms with E-state index in [0.717, 1.165) is 25.6 Å². The van der Waals surface area contributed by atoms with Crippen LogP contribution in [-0.4, -0.2) is 39.5 Å². The molecule has 6 heteroatoms. The summed E-state index contributed by atoms with van der Waals surface area (Å²) >= 11 is 0. The van der Waals surface area contributed by atoms with Crippen LogP contribution in [0, 0.1) is 17.2 Å². The van der Waals surface area contributed by atoms with Crippen LogP contribution in [0.1, 0.15) is 25.3 Å². The molecule has 0 amide bonds. The lowest BCUT2D eigenvalue weighted by Gasteiger charge is -2.30. The summed E-state index contributed by atoms with van der Waals surface area (Å²) in [4.78, 5) is 2.50. The highest BCUT2D eigenvalue weighted by atomic mass is 32.2. The highest BCUT2D eigenvalue weighted by Gasteiger charge is 2.17. The Labute approximate surface area is 126 Å². The summed E-state index contributed by atoms with van der Waals surface area (Å²) in [5.41, 5.74) is 0.455. The zero-order valence-electron chi connectivity index (χ0n) is 12.2. The molecular weight excluding hydrogens is 286 g/mol. The number of piperidine rings is 1. The summed E-state index contributed by atoms with van der Waals surface area (Å²) < 4.78 is 26.8. The molecule has 1 fully saturated rings. The minimum absolute atomic E-state index is 0.203. The predicted octanol–water partition coefficient (Wildman–Crippen LogP) is 1.57. The van der Waals surface area contributed by atoms with Crippen LogP contribution in [0.3, 0.4) is 0 Å². The van der Waals surface area contributed by atoms with Crippen LogP contribution in [0.4, 0.5) is 0 Å². The maximum Gasteiger partial charge on any atom is 0.240 e. The van der Waals surface area contributed by atoms with Crippen molar-refractivity contribution in [1.29, 1.82) is 5.26 Å². The molecule has 0 spiro atoms. The molecule has 1 aliphatic rings. The van der Waals surface area contributed by atoms with Crippen molar-refractivity contribution in [2.45, 2.75) is 24.7 Å². The summed E-state index contributed by atoms with van der Waals surface area (Å²) in [6, 6.07) is 7.93. The largest absolute Gasteiger partial charge is 0.302 e. The van der Waals surface area contributed by atoms with Crippen molar-refractivity contribution >= 4 is 10.0 Å². The summed E-state index contributed by atoms with van der Waals surface area (Å²) in [5, 5.41) is 8.71. The second-order valence-electron chi connectivity index (χ2n) is 5.56. The Morgan fingerprint density at radius 1 is 1.29 bits per heavy atom. The summed E-state index contributed by atoms with van der Waals surface area (Å²) in [6.45, 7) is 5.49. The molecule has 0 bridgehead atoms.